The summed E-state index contributed by atoms with van der Waals surface area (Å²) in [5.74, 6) is -0.594. The molecule has 0 spiro atoms. The van der Waals surface area contributed by atoms with Crippen LogP contribution in [0.5, 0.6) is 0 Å². The molecule has 1 amide bonds. The molecule has 21 heavy (non-hydrogen) atoms. The predicted octanol–water partition coefficient (Wildman–Crippen LogP) is 1.83. The summed E-state index contributed by atoms with van der Waals surface area (Å²) in [4.78, 5) is 13.8. The fraction of sp³-hybridized carbons (Fsp3) is 0.533. The molecule has 0 aromatic heterocycles. The molecule has 0 aliphatic heterocycles. The van der Waals surface area contributed by atoms with Gasteiger partial charge in [0.25, 0.3) is 0 Å². The second-order valence-electron chi connectivity index (χ2n) is 5.93. The minimum absolute atomic E-state index is 0.162. The maximum Gasteiger partial charge on any atom is 0.224 e. The Morgan fingerprint density at radius 3 is 2.71 bits per heavy atom. The van der Waals surface area contributed by atoms with E-state index in [2.05, 4.69) is 5.32 Å². The number of carbonyl (C=O) groups excluding carboxylic acids is 1. The van der Waals surface area contributed by atoms with Crippen LogP contribution in [0.3, 0.4) is 0 Å². The molecule has 0 heterocycles. The topological polar surface area (TPSA) is 78.6 Å². The van der Waals surface area contributed by atoms with Gasteiger partial charge >= 0.3 is 0 Å². The van der Waals surface area contributed by atoms with Crippen LogP contribution in [0.4, 0.5) is 15.8 Å². The van der Waals surface area contributed by atoms with Crippen LogP contribution in [-0.2, 0) is 4.79 Å². The summed E-state index contributed by atoms with van der Waals surface area (Å²) in [5, 5.41) is 12.3. The first-order valence-electron chi connectivity index (χ1n) is 6.93. The number of nitrogens with one attached hydrogen (secondary N) is 1. The Bertz CT molecular complexity index is 486. The molecule has 6 heteroatoms. The fourth-order valence-electron chi connectivity index (χ4n) is 2.11. The van der Waals surface area contributed by atoms with Gasteiger partial charge in [-0.25, -0.2) is 4.39 Å². The number of nitrogens with two attached hydrogens (primary N) is 1. The van der Waals surface area contributed by atoms with E-state index in [0.717, 1.165) is 0 Å². The van der Waals surface area contributed by atoms with Crippen molar-refractivity contribution in [3.05, 3.63) is 24.0 Å². The minimum Gasteiger partial charge on any atom is -0.397 e. The molecule has 1 rings (SSSR count). The molecule has 4 N–H and O–H groups in total. The zero-order valence-corrected chi connectivity index (χ0v) is 12.8. The van der Waals surface area contributed by atoms with Crippen molar-refractivity contribution in [2.24, 2.45) is 0 Å². The molecule has 0 atom stereocenters. The summed E-state index contributed by atoms with van der Waals surface area (Å²) >= 11 is 0. The van der Waals surface area contributed by atoms with Crippen LogP contribution < -0.4 is 11.1 Å². The van der Waals surface area contributed by atoms with E-state index in [1.807, 2.05) is 11.9 Å². The lowest BCUT2D eigenvalue weighted by Crippen LogP contribution is -2.36. The summed E-state index contributed by atoms with van der Waals surface area (Å²) in [7, 11) is 1.90. The molecule has 1 aromatic rings. The van der Waals surface area contributed by atoms with E-state index in [1.54, 1.807) is 13.8 Å². The van der Waals surface area contributed by atoms with Gasteiger partial charge in [-0.1, -0.05) is 0 Å². The van der Waals surface area contributed by atoms with E-state index in [-0.39, 0.29) is 11.6 Å². The van der Waals surface area contributed by atoms with E-state index < -0.39 is 11.4 Å². The molecule has 0 aliphatic carbocycles. The number of nitrogen functional groups attached to an aromatic ring is 1. The lowest BCUT2D eigenvalue weighted by molar-refractivity contribution is -0.116. The molecule has 0 radical (unpaired) electrons. The van der Waals surface area contributed by atoms with Crippen LogP contribution in [0.25, 0.3) is 0 Å². The van der Waals surface area contributed by atoms with Crippen molar-refractivity contribution < 1.29 is 14.3 Å². The van der Waals surface area contributed by atoms with E-state index in [9.17, 15) is 14.3 Å². The Morgan fingerprint density at radius 2 is 2.14 bits per heavy atom. The molecule has 0 unspecified atom stereocenters. The Hall–Kier alpha value is -1.66. The van der Waals surface area contributed by atoms with Crippen molar-refractivity contribution in [1.29, 1.82) is 0 Å². The van der Waals surface area contributed by atoms with Crippen molar-refractivity contribution in [3.8, 4) is 0 Å². The van der Waals surface area contributed by atoms with Crippen LogP contribution in [0.15, 0.2) is 18.2 Å². The third-order valence-corrected chi connectivity index (χ3v) is 2.89. The third-order valence-electron chi connectivity index (χ3n) is 2.89. The predicted molar refractivity (Wildman–Crippen MR) is 82.5 cm³/mol. The number of aliphatic hydroxyl groups is 1. The highest BCUT2D eigenvalue weighted by atomic mass is 19.1. The van der Waals surface area contributed by atoms with Gasteiger partial charge in [-0.05, 0) is 52.1 Å². The van der Waals surface area contributed by atoms with Gasteiger partial charge in [0.15, 0.2) is 0 Å². The maximum atomic E-state index is 12.9. The monoisotopic (exact) mass is 297 g/mol. The largest absolute Gasteiger partial charge is 0.397 e. The van der Waals surface area contributed by atoms with Crippen LogP contribution in [0.1, 0.15) is 26.7 Å². The zero-order chi connectivity index (χ0) is 16.0. The molecular formula is C15H24FN3O2. The Kier molecular flexibility index (Phi) is 6.11. The summed E-state index contributed by atoms with van der Waals surface area (Å²) in [5.41, 5.74) is 5.51. The van der Waals surface area contributed by atoms with Gasteiger partial charge in [-0.2, -0.15) is 0 Å². The van der Waals surface area contributed by atoms with Gasteiger partial charge in [-0.3, -0.25) is 4.79 Å². The number of anilines is 2. The number of likely N-dealkylation sites (N-methyl/N-ethyl adjacent to an activating group) is 1. The van der Waals surface area contributed by atoms with E-state index in [1.165, 1.54) is 18.2 Å². The molecular weight excluding hydrogens is 273 g/mol. The van der Waals surface area contributed by atoms with Crippen molar-refractivity contribution in [2.45, 2.75) is 32.3 Å². The number of halogens is 1. The van der Waals surface area contributed by atoms with Crippen molar-refractivity contribution in [2.75, 3.05) is 31.2 Å². The number of hydrogen-bond donors (Lipinski definition) is 3. The molecule has 0 aliphatic rings. The maximum absolute atomic E-state index is 12.9. The quantitative estimate of drug-likeness (QED) is 0.671. The van der Waals surface area contributed by atoms with Crippen LogP contribution in [0, 0.1) is 5.82 Å². The molecule has 1 aromatic carbocycles. The second-order valence-corrected chi connectivity index (χ2v) is 5.93. The molecule has 118 valence electrons. The van der Waals surface area contributed by atoms with Gasteiger partial charge in [-0.15, -0.1) is 0 Å². The summed E-state index contributed by atoms with van der Waals surface area (Å²) in [6.45, 7) is 4.73. The SMILES string of the molecule is CN(CCCC(=O)Nc1ccc(F)cc1N)CC(C)(C)O. The molecule has 0 fully saturated rings. The number of hydrogen-bond acceptors (Lipinski definition) is 4. The van der Waals surface area contributed by atoms with Gasteiger partial charge in [0.05, 0.1) is 17.0 Å². The van der Waals surface area contributed by atoms with E-state index >= 15 is 0 Å². The number of carbonyl (C=O) groups is 1. The lowest BCUT2D eigenvalue weighted by atomic mass is 10.1. The van der Waals surface area contributed by atoms with Crippen molar-refractivity contribution in [1.82, 2.24) is 4.90 Å². The average molecular weight is 297 g/mol. The zero-order valence-electron chi connectivity index (χ0n) is 12.8. The van der Waals surface area contributed by atoms with Crippen LogP contribution in [-0.4, -0.2) is 41.7 Å². The fourth-order valence-corrected chi connectivity index (χ4v) is 2.11. The summed E-state index contributed by atoms with van der Waals surface area (Å²) in [6.07, 6.45) is 1.01. The number of amides is 1. The molecule has 0 saturated carbocycles. The van der Waals surface area contributed by atoms with Crippen LogP contribution >= 0.6 is 0 Å². The smallest absolute Gasteiger partial charge is 0.224 e. The third kappa shape index (κ3) is 7.06. The van der Waals surface area contributed by atoms with Crippen molar-refractivity contribution in [3.63, 3.8) is 0 Å². The number of benzene rings is 1. The van der Waals surface area contributed by atoms with Crippen molar-refractivity contribution >= 4 is 17.3 Å². The highest BCUT2D eigenvalue weighted by Crippen LogP contribution is 2.19. The van der Waals surface area contributed by atoms with Gasteiger partial charge in [0, 0.05) is 13.0 Å². The average Bonchev–Trinajstić information content (AvgIpc) is 2.30. The van der Waals surface area contributed by atoms with Crippen LogP contribution in [0.2, 0.25) is 0 Å². The first-order valence-corrected chi connectivity index (χ1v) is 6.93. The Labute approximate surface area is 124 Å². The summed E-state index contributed by atoms with van der Waals surface area (Å²) < 4.78 is 12.9. The first kappa shape index (κ1) is 17.4. The van der Waals surface area contributed by atoms with Gasteiger partial charge in [0.1, 0.15) is 5.82 Å². The van der Waals surface area contributed by atoms with Gasteiger partial charge in [0.2, 0.25) is 5.91 Å². The molecule has 0 bridgehead atoms. The van der Waals surface area contributed by atoms with E-state index in [4.69, 9.17) is 5.73 Å². The number of rotatable bonds is 7. The highest BCUT2D eigenvalue weighted by Gasteiger charge is 2.15. The first-order chi connectivity index (χ1) is 9.67. The lowest BCUT2D eigenvalue weighted by Gasteiger charge is -2.25. The highest BCUT2D eigenvalue weighted by molar-refractivity contribution is 5.93. The Balaban J connectivity index is 2.34. The molecule has 0 saturated heterocycles. The normalized spacial score (nSPS) is 11.7. The van der Waals surface area contributed by atoms with E-state index in [0.29, 0.717) is 31.6 Å². The standard InChI is InChI=1S/C15H24FN3O2/c1-15(2,21)10-19(3)8-4-5-14(20)18-13-7-6-11(16)9-12(13)17/h6-7,9,21H,4-5,8,10,17H2,1-3H3,(H,18,20). The second kappa shape index (κ2) is 7.38. The van der Waals surface area contributed by atoms with Gasteiger partial charge < -0.3 is 21.1 Å². The minimum atomic E-state index is -0.750. The molecule has 5 nitrogen and oxygen atoms in total. The summed E-state index contributed by atoms with van der Waals surface area (Å²) in [6, 6.07) is 3.87. The Morgan fingerprint density at radius 1 is 1.48 bits per heavy atom. The number of nitrogens with zero attached hydrogens (tertiary/aromatic N) is 1.